The highest BCUT2D eigenvalue weighted by Gasteiger charge is 2.32. The van der Waals surface area contributed by atoms with Gasteiger partial charge in [0.2, 0.25) is 0 Å². The van der Waals surface area contributed by atoms with E-state index in [4.69, 9.17) is 6.42 Å². The molecular formula is C18H28N2O. The molecule has 3 heteroatoms. The maximum absolute atomic E-state index is 12.6. The Hall–Kier alpha value is -1.27. The van der Waals surface area contributed by atoms with E-state index in [2.05, 4.69) is 17.3 Å². The number of nitrogens with one attached hydrogen (secondary N) is 1. The van der Waals surface area contributed by atoms with Gasteiger partial charge in [0, 0.05) is 37.7 Å². The lowest BCUT2D eigenvalue weighted by molar-refractivity contribution is -0.126. The maximum atomic E-state index is 12.6. The monoisotopic (exact) mass is 288 g/mol. The predicted octanol–water partition coefficient (Wildman–Crippen LogP) is 2.87. The van der Waals surface area contributed by atoms with Crippen LogP contribution in [0, 0.1) is 12.3 Å². The van der Waals surface area contributed by atoms with Gasteiger partial charge in [0.25, 0.3) is 5.91 Å². The van der Waals surface area contributed by atoms with Crippen molar-refractivity contribution in [3.05, 3.63) is 11.6 Å². The first kappa shape index (κ1) is 16.1. The number of hydrogen-bond acceptors (Lipinski definition) is 2. The van der Waals surface area contributed by atoms with Crippen LogP contribution in [0.4, 0.5) is 0 Å². The first-order valence-corrected chi connectivity index (χ1v) is 8.37. The predicted molar refractivity (Wildman–Crippen MR) is 86.8 cm³/mol. The molecule has 2 rings (SSSR count). The summed E-state index contributed by atoms with van der Waals surface area (Å²) in [6.45, 7) is 0.850. The van der Waals surface area contributed by atoms with Crippen LogP contribution >= 0.6 is 0 Å². The van der Waals surface area contributed by atoms with E-state index in [0.29, 0.717) is 12.1 Å². The molecule has 0 saturated carbocycles. The van der Waals surface area contributed by atoms with Crippen LogP contribution in [-0.4, -0.2) is 36.5 Å². The SMILES string of the molecule is C#CCCCCCCN(C)C(=O)C1=CCC[C@@H]2CC[C@H]1N2. The van der Waals surface area contributed by atoms with Crippen LogP contribution in [0.1, 0.15) is 57.8 Å². The minimum Gasteiger partial charge on any atom is -0.342 e. The highest BCUT2D eigenvalue weighted by molar-refractivity contribution is 5.94. The molecule has 0 aromatic rings. The van der Waals surface area contributed by atoms with E-state index in [-0.39, 0.29) is 5.91 Å². The van der Waals surface area contributed by atoms with Crippen LogP contribution in [0.3, 0.4) is 0 Å². The topological polar surface area (TPSA) is 32.3 Å². The molecule has 2 atom stereocenters. The zero-order valence-corrected chi connectivity index (χ0v) is 13.2. The Morgan fingerprint density at radius 2 is 2.14 bits per heavy atom. The smallest absolute Gasteiger partial charge is 0.250 e. The average Bonchev–Trinajstić information content (AvgIpc) is 2.83. The second-order valence-electron chi connectivity index (χ2n) is 6.33. The molecule has 0 radical (unpaired) electrons. The summed E-state index contributed by atoms with van der Waals surface area (Å²) in [6.07, 6.45) is 17.3. The normalized spacial score (nSPS) is 24.1. The Morgan fingerprint density at radius 1 is 1.33 bits per heavy atom. The van der Waals surface area contributed by atoms with Crippen LogP contribution in [0.2, 0.25) is 0 Å². The third-order valence-corrected chi connectivity index (χ3v) is 4.65. The molecule has 21 heavy (non-hydrogen) atoms. The molecule has 2 aliphatic rings. The molecule has 0 aromatic heterocycles. The van der Waals surface area contributed by atoms with Gasteiger partial charge >= 0.3 is 0 Å². The third kappa shape index (κ3) is 4.61. The van der Waals surface area contributed by atoms with Gasteiger partial charge in [-0.05, 0) is 38.5 Å². The highest BCUT2D eigenvalue weighted by atomic mass is 16.2. The fourth-order valence-corrected chi connectivity index (χ4v) is 3.36. The molecule has 2 heterocycles. The number of hydrogen-bond donors (Lipinski definition) is 1. The number of carbonyl (C=O) groups excluding carboxylic acids is 1. The number of carbonyl (C=O) groups is 1. The standard InChI is InChI=1S/C18H28N2O/c1-3-4-5-6-7-8-14-20(2)18(21)16-11-9-10-15-12-13-17(16)19-15/h1,11,15,17,19H,4-10,12-14H2,2H3/t15-,17-/m1/s1. The summed E-state index contributed by atoms with van der Waals surface area (Å²) in [5.74, 6) is 2.89. The summed E-state index contributed by atoms with van der Waals surface area (Å²) in [4.78, 5) is 14.5. The summed E-state index contributed by atoms with van der Waals surface area (Å²) < 4.78 is 0. The quantitative estimate of drug-likeness (QED) is 0.577. The zero-order valence-electron chi connectivity index (χ0n) is 13.2. The summed E-state index contributed by atoms with van der Waals surface area (Å²) in [7, 11) is 1.93. The molecule has 1 saturated heterocycles. The first-order valence-electron chi connectivity index (χ1n) is 8.37. The fraction of sp³-hybridized carbons (Fsp3) is 0.722. The molecule has 0 aliphatic carbocycles. The molecule has 3 nitrogen and oxygen atoms in total. The van der Waals surface area contributed by atoms with Gasteiger partial charge < -0.3 is 10.2 Å². The van der Waals surface area contributed by atoms with E-state index in [1.807, 2.05) is 11.9 Å². The summed E-state index contributed by atoms with van der Waals surface area (Å²) in [5.41, 5.74) is 1.00. The van der Waals surface area contributed by atoms with Gasteiger partial charge in [-0.2, -0.15) is 0 Å². The van der Waals surface area contributed by atoms with Gasteiger partial charge in [0.15, 0.2) is 0 Å². The molecule has 0 spiro atoms. The molecule has 2 aliphatic heterocycles. The van der Waals surface area contributed by atoms with Gasteiger partial charge in [-0.3, -0.25) is 4.79 Å². The van der Waals surface area contributed by atoms with Crippen molar-refractivity contribution in [2.45, 2.75) is 69.9 Å². The van der Waals surface area contributed by atoms with Crippen molar-refractivity contribution >= 4 is 5.91 Å². The van der Waals surface area contributed by atoms with Crippen molar-refractivity contribution in [1.29, 1.82) is 0 Å². The summed E-state index contributed by atoms with van der Waals surface area (Å²) in [5, 5.41) is 3.59. The van der Waals surface area contributed by atoms with Crippen molar-refractivity contribution in [1.82, 2.24) is 10.2 Å². The number of allylic oxidation sites excluding steroid dienone is 1. The van der Waals surface area contributed by atoms with Gasteiger partial charge in [-0.25, -0.2) is 0 Å². The molecular weight excluding hydrogens is 260 g/mol. The Kier molecular flexibility index (Phi) is 6.32. The van der Waals surface area contributed by atoms with Crippen LogP contribution in [0.5, 0.6) is 0 Å². The van der Waals surface area contributed by atoms with Gasteiger partial charge in [0.1, 0.15) is 0 Å². The number of amides is 1. The van der Waals surface area contributed by atoms with Crippen LogP contribution < -0.4 is 5.32 Å². The number of rotatable bonds is 7. The van der Waals surface area contributed by atoms with E-state index in [0.717, 1.165) is 50.6 Å². The van der Waals surface area contributed by atoms with E-state index in [1.54, 1.807) is 0 Å². The van der Waals surface area contributed by atoms with Gasteiger partial charge in [0.05, 0.1) is 0 Å². The Morgan fingerprint density at radius 3 is 2.95 bits per heavy atom. The first-order chi connectivity index (χ1) is 10.2. The van der Waals surface area contributed by atoms with E-state index in [9.17, 15) is 4.79 Å². The van der Waals surface area contributed by atoms with Crippen molar-refractivity contribution in [3.63, 3.8) is 0 Å². The minimum absolute atomic E-state index is 0.221. The van der Waals surface area contributed by atoms with E-state index in [1.165, 1.54) is 19.3 Å². The van der Waals surface area contributed by atoms with Crippen LogP contribution in [0.25, 0.3) is 0 Å². The lowest BCUT2D eigenvalue weighted by Gasteiger charge is -2.22. The molecule has 116 valence electrons. The van der Waals surface area contributed by atoms with E-state index < -0.39 is 0 Å². The zero-order chi connectivity index (χ0) is 15.1. The van der Waals surface area contributed by atoms with Crippen molar-refractivity contribution < 1.29 is 4.79 Å². The molecule has 1 N–H and O–H groups in total. The Balaban J connectivity index is 1.74. The fourth-order valence-electron chi connectivity index (χ4n) is 3.36. The molecule has 0 aromatic carbocycles. The molecule has 2 bridgehead atoms. The average molecular weight is 288 g/mol. The minimum atomic E-state index is 0.221. The number of terminal acetylenes is 1. The maximum Gasteiger partial charge on any atom is 0.250 e. The van der Waals surface area contributed by atoms with Crippen molar-refractivity contribution in [3.8, 4) is 12.3 Å². The summed E-state index contributed by atoms with van der Waals surface area (Å²) in [6, 6.07) is 0.918. The van der Waals surface area contributed by atoms with Crippen LogP contribution in [-0.2, 0) is 4.79 Å². The Bertz CT molecular complexity index is 421. The third-order valence-electron chi connectivity index (χ3n) is 4.65. The van der Waals surface area contributed by atoms with Gasteiger partial charge in [-0.15, -0.1) is 12.3 Å². The lowest BCUT2D eigenvalue weighted by atomic mass is 9.99. The molecule has 0 unspecified atom stereocenters. The second kappa shape index (κ2) is 8.24. The lowest BCUT2D eigenvalue weighted by Crippen LogP contribution is -2.37. The number of nitrogens with zero attached hydrogens (tertiary/aromatic N) is 1. The number of unbranched alkanes of at least 4 members (excludes halogenated alkanes) is 4. The highest BCUT2D eigenvalue weighted by Crippen LogP contribution is 2.27. The Labute approximate surface area is 129 Å². The molecule has 1 fully saturated rings. The molecule has 1 amide bonds. The summed E-state index contributed by atoms with van der Waals surface area (Å²) >= 11 is 0. The van der Waals surface area contributed by atoms with Gasteiger partial charge in [-0.1, -0.05) is 18.9 Å². The van der Waals surface area contributed by atoms with Crippen molar-refractivity contribution in [2.75, 3.05) is 13.6 Å². The second-order valence-corrected chi connectivity index (χ2v) is 6.33. The van der Waals surface area contributed by atoms with Crippen molar-refractivity contribution in [2.24, 2.45) is 0 Å². The number of likely N-dealkylation sites (N-methyl/N-ethyl adjacent to an activating group) is 1. The van der Waals surface area contributed by atoms with Crippen LogP contribution in [0.15, 0.2) is 11.6 Å². The van der Waals surface area contributed by atoms with E-state index >= 15 is 0 Å². The largest absolute Gasteiger partial charge is 0.342 e. The number of fused-ring (bicyclic) bond motifs is 2.